The van der Waals surface area contributed by atoms with E-state index >= 15 is 0 Å². The third kappa shape index (κ3) is 4.03. The van der Waals surface area contributed by atoms with Gasteiger partial charge in [-0.1, -0.05) is 12.1 Å². The molecule has 4 N–H and O–H groups in total. The van der Waals surface area contributed by atoms with Crippen molar-refractivity contribution in [2.75, 3.05) is 7.11 Å². The van der Waals surface area contributed by atoms with E-state index in [1.165, 1.54) is 0 Å². The van der Waals surface area contributed by atoms with Crippen molar-refractivity contribution in [3.05, 3.63) is 41.2 Å². The zero-order valence-corrected chi connectivity index (χ0v) is 10.8. The van der Waals surface area contributed by atoms with Gasteiger partial charge in [0.1, 0.15) is 11.8 Å². The summed E-state index contributed by atoms with van der Waals surface area (Å²) in [6.07, 6.45) is 0.927. The van der Waals surface area contributed by atoms with Gasteiger partial charge in [0.15, 0.2) is 11.4 Å². The van der Waals surface area contributed by atoms with Crippen LogP contribution in [0.3, 0.4) is 0 Å². The molecule has 0 saturated heterocycles. The average Bonchev–Trinajstić information content (AvgIpc) is 2.45. The van der Waals surface area contributed by atoms with Gasteiger partial charge in [-0.3, -0.25) is 0 Å². The highest BCUT2D eigenvalue weighted by molar-refractivity contribution is 5.92. The number of rotatable bonds is 6. The highest BCUT2D eigenvalue weighted by atomic mass is 16.5. The number of nitriles is 1. The van der Waals surface area contributed by atoms with Crippen molar-refractivity contribution in [2.24, 2.45) is 10.7 Å². The van der Waals surface area contributed by atoms with Crippen LogP contribution in [0.2, 0.25) is 0 Å². The molecule has 104 valence electrons. The maximum Gasteiger partial charge on any atom is 0.350 e. The van der Waals surface area contributed by atoms with E-state index in [1.54, 1.807) is 25.3 Å². The third-order valence-electron chi connectivity index (χ3n) is 2.39. The molecule has 0 heterocycles. The fourth-order valence-electron chi connectivity index (χ4n) is 1.40. The molecule has 0 bridgehead atoms. The van der Waals surface area contributed by atoms with Crippen LogP contribution in [0.1, 0.15) is 5.56 Å². The van der Waals surface area contributed by atoms with Gasteiger partial charge in [0.25, 0.3) is 0 Å². The van der Waals surface area contributed by atoms with E-state index < -0.39 is 11.5 Å². The lowest BCUT2D eigenvalue weighted by atomic mass is 10.2. The molecule has 0 saturated carbocycles. The summed E-state index contributed by atoms with van der Waals surface area (Å²) in [5, 5.41) is 20.4. The molecule has 0 atom stereocenters. The molecule has 0 unspecified atom stereocenters. The molecule has 7 nitrogen and oxygen atoms in total. The summed E-state index contributed by atoms with van der Waals surface area (Å²) in [5.41, 5.74) is 5.52. The van der Waals surface area contributed by atoms with E-state index in [0.717, 1.165) is 11.9 Å². The number of hydrogen-bond acceptors (Lipinski definition) is 5. The molecular formula is C13H14N4O3. The van der Waals surface area contributed by atoms with E-state index in [9.17, 15) is 4.79 Å². The van der Waals surface area contributed by atoms with Crippen LogP contribution in [0.15, 0.2) is 40.7 Å². The van der Waals surface area contributed by atoms with Gasteiger partial charge in [-0.15, -0.1) is 0 Å². The number of methoxy groups -OCH3 is 1. The Hall–Kier alpha value is -3.01. The standard InChI is InChI=1S/C13H14N4O3/c1-20-10-4-2-9(3-5-10)7-16-12(17-8-15)11(6-14)13(18)19/h2-5,8,16H,7H2,1H3,(H2,15,17)(H,18,19). The SMILES string of the molecule is COc1ccc(CNC(N=CN)=C(C#N)C(=O)O)cc1. The van der Waals surface area contributed by atoms with Gasteiger partial charge in [0.2, 0.25) is 0 Å². The lowest BCUT2D eigenvalue weighted by Crippen LogP contribution is -2.17. The monoisotopic (exact) mass is 274 g/mol. The second-order valence-electron chi connectivity index (χ2n) is 3.62. The zero-order chi connectivity index (χ0) is 15.0. The van der Waals surface area contributed by atoms with Crippen LogP contribution < -0.4 is 15.8 Å². The highest BCUT2D eigenvalue weighted by Crippen LogP contribution is 2.12. The molecule has 0 aliphatic carbocycles. The first-order valence-electron chi connectivity index (χ1n) is 5.61. The molecule has 1 aromatic rings. The van der Waals surface area contributed by atoms with Crippen molar-refractivity contribution >= 4 is 12.3 Å². The Balaban J connectivity index is 2.87. The van der Waals surface area contributed by atoms with Crippen molar-refractivity contribution in [3.63, 3.8) is 0 Å². The van der Waals surface area contributed by atoms with Crippen molar-refractivity contribution in [1.82, 2.24) is 5.32 Å². The number of benzene rings is 1. The summed E-state index contributed by atoms with van der Waals surface area (Å²) in [7, 11) is 1.57. The van der Waals surface area contributed by atoms with Crippen LogP contribution >= 0.6 is 0 Å². The van der Waals surface area contributed by atoms with E-state index in [0.29, 0.717) is 12.3 Å². The van der Waals surface area contributed by atoms with Gasteiger partial charge in [-0.05, 0) is 17.7 Å². The summed E-state index contributed by atoms with van der Waals surface area (Å²) in [6.45, 7) is 0.301. The molecule has 0 amide bonds. The van der Waals surface area contributed by atoms with Crippen molar-refractivity contribution in [2.45, 2.75) is 6.54 Å². The summed E-state index contributed by atoms with van der Waals surface area (Å²) in [4.78, 5) is 14.5. The third-order valence-corrected chi connectivity index (χ3v) is 2.39. The molecule has 0 spiro atoms. The quantitative estimate of drug-likeness (QED) is 0.302. The Morgan fingerprint density at radius 1 is 1.55 bits per heavy atom. The Morgan fingerprint density at radius 3 is 2.65 bits per heavy atom. The number of nitrogens with one attached hydrogen (secondary N) is 1. The number of hydrogen-bond donors (Lipinski definition) is 3. The first-order valence-corrected chi connectivity index (χ1v) is 5.61. The molecule has 1 aromatic carbocycles. The first kappa shape index (κ1) is 15.0. The molecule has 1 rings (SSSR count). The van der Waals surface area contributed by atoms with Gasteiger partial charge in [0.05, 0.1) is 13.4 Å². The van der Waals surface area contributed by atoms with Crippen LogP contribution in [0.25, 0.3) is 0 Å². The summed E-state index contributed by atoms with van der Waals surface area (Å²) < 4.78 is 5.03. The smallest absolute Gasteiger partial charge is 0.350 e. The van der Waals surface area contributed by atoms with E-state index in [1.807, 2.05) is 12.1 Å². The van der Waals surface area contributed by atoms with E-state index in [4.69, 9.17) is 20.8 Å². The van der Waals surface area contributed by atoms with Crippen molar-refractivity contribution < 1.29 is 14.6 Å². The summed E-state index contributed by atoms with van der Waals surface area (Å²) in [5.74, 6) is -0.735. The van der Waals surface area contributed by atoms with Gasteiger partial charge in [-0.25, -0.2) is 9.79 Å². The van der Waals surface area contributed by atoms with Crippen LogP contribution in [-0.4, -0.2) is 24.5 Å². The number of nitrogens with two attached hydrogens (primary N) is 1. The predicted octanol–water partition coefficient (Wildman–Crippen LogP) is 0.592. The zero-order valence-electron chi connectivity index (χ0n) is 10.8. The van der Waals surface area contributed by atoms with Crippen LogP contribution in [0, 0.1) is 11.3 Å². The number of nitrogens with zero attached hydrogens (tertiary/aromatic N) is 2. The Morgan fingerprint density at radius 2 is 2.20 bits per heavy atom. The average molecular weight is 274 g/mol. The topological polar surface area (TPSA) is 121 Å². The molecule has 0 aliphatic heterocycles. The Kier molecular flexibility index (Phi) is 5.59. The van der Waals surface area contributed by atoms with Gasteiger partial charge < -0.3 is 20.9 Å². The minimum Gasteiger partial charge on any atom is -0.497 e. The second-order valence-corrected chi connectivity index (χ2v) is 3.62. The maximum absolute atomic E-state index is 10.9. The molecular weight excluding hydrogens is 260 g/mol. The van der Waals surface area contributed by atoms with Crippen molar-refractivity contribution in [3.8, 4) is 11.8 Å². The van der Waals surface area contributed by atoms with Gasteiger partial charge in [-0.2, -0.15) is 5.26 Å². The lowest BCUT2D eigenvalue weighted by Gasteiger charge is -2.08. The number of carbonyl (C=O) groups is 1. The van der Waals surface area contributed by atoms with E-state index in [2.05, 4.69) is 10.3 Å². The summed E-state index contributed by atoms with van der Waals surface area (Å²) >= 11 is 0. The molecule has 0 radical (unpaired) electrons. The van der Waals surface area contributed by atoms with Crippen LogP contribution in [0.4, 0.5) is 0 Å². The fraction of sp³-hybridized carbons (Fsp3) is 0.154. The normalized spacial score (nSPS) is 11.6. The molecule has 0 fully saturated rings. The minimum absolute atomic E-state index is 0.0849. The molecule has 0 aromatic heterocycles. The first-order chi connectivity index (χ1) is 9.62. The van der Waals surface area contributed by atoms with Gasteiger partial charge >= 0.3 is 5.97 Å². The Labute approximate surface area is 116 Å². The number of aliphatic imine (C=N–C) groups is 1. The molecule has 20 heavy (non-hydrogen) atoms. The highest BCUT2D eigenvalue weighted by Gasteiger charge is 2.13. The number of carboxylic acids is 1. The summed E-state index contributed by atoms with van der Waals surface area (Å²) in [6, 6.07) is 8.73. The van der Waals surface area contributed by atoms with Gasteiger partial charge in [0, 0.05) is 6.54 Å². The lowest BCUT2D eigenvalue weighted by molar-refractivity contribution is -0.132. The number of aliphatic carboxylic acids is 1. The fourth-order valence-corrected chi connectivity index (χ4v) is 1.40. The van der Waals surface area contributed by atoms with E-state index in [-0.39, 0.29) is 5.82 Å². The van der Waals surface area contributed by atoms with Crippen molar-refractivity contribution in [1.29, 1.82) is 5.26 Å². The maximum atomic E-state index is 10.9. The molecule has 7 heteroatoms. The number of ether oxygens (including phenoxy) is 1. The number of carboxylic acid groups (broad SMARTS) is 1. The predicted molar refractivity (Wildman–Crippen MR) is 72.8 cm³/mol. The Bertz CT molecular complexity index is 570. The molecule has 0 aliphatic rings. The minimum atomic E-state index is -1.37. The largest absolute Gasteiger partial charge is 0.497 e. The van der Waals surface area contributed by atoms with Crippen LogP contribution in [0.5, 0.6) is 5.75 Å². The van der Waals surface area contributed by atoms with Crippen LogP contribution in [-0.2, 0) is 11.3 Å². The second kappa shape index (κ2) is 7.43.